The van der Waals surface area contributed by atoms with Gasteiger partial charge >= 0.3 is 0 Å². The Bertz CT molecular complexity index is 1180. The highest BCUT2D eigenvalue weighted by atomic mass is 35.5. The van der Waals surface area contributed by atoms with E-state index in [0.717, 1.165) is 16.7 Å². The molecule has 3 rings (SSSR count). The molecule has 37 heavy (non-hydrogen) atoms. The Morgan fingerprint density at radius 3 is 2.22 bits per heavy atom. The van der Waals surface area contributed by atoms with Crippen molar-refractivity contribution in [2.45, 2.75) is 51.7 Å². The summed E-state index contributed by atoms with van der Waals surface area (Å²) in [6.07, 6.45) is 1.13. The predicted octanol–water partition coefficient (Wildman–Crippen LogP) is 5.45. The van der Waals surface area contributed by atoms with E-state index in [1.165, 1.54) is 0 Å². The number of halogens is 1. The van der Waals surface area contributed by atoms with Gasteiger partial charge in [-0.05, 0) is 61.2 Å². The summed E-state index contributed by atoms with van der Waals surface area (Å²) in [6, 6.07) is 22.0. The third-order valence-corrected chi connectivity index (χ3v) is 6.25. The van der Waals surface area contributed by atoms with Crippen molar-refractivity contribution in [3.8, 4) is 11.5 Å². The average Bonchev–Trinajstić information content (AvgIpc) is 2.89. The summed E-state index contributed by atoms with van der Waals surface area (Å²) in [5.74, 6) is 0.949. The first kappa shape index (κ1) is 28.1. The van der Waals surface area contributed by atoms with Gasteiger partial charge in [0.25, 0.3) is 0 Å². The number of carbonyl (C=O) groups excluding carboxylic acids is 2. The Hall–Kier alpha value is -3.51. The van der Waals surface area contributed by atoms with E-state index in [2.05, 4.69) is 5.32 Å². The Kier molecular flexibility index (Phi) is 10.4. The Labute approximate surface area is 224 Å². The molecule has 1 unspecified atom stereocenters. The minimum Gasteiger partial charge on any atom is -0.493 e. The van der Waals surface area contributed by atoms with E-state index in [-0.39, 0.29) is 30.8 Å². The summed E-state index contributed by atoms with van der Waals surface area (Å²) in [4.78, 5) is 28.9. The number of methoxy groups -OCH3 is 2. The van der Waals surface area contributed by atoms with Crippen molar-refractivity contribution in [3.63, 3.8) is 0 Å². The van der Waals surface area contributed by atoms with Gasteiger partial charge in [0.15, 0.2) is 11.5 Å². The molecule has 196 valence electrons. The fraction of sp³-hybridized carbons (Fsp3) is 0.333. The quantitative estimate of drug-likeness (QED) is 0.343. The summed E-state index contributed by atoms with van der Waals surface area (Å²) < 4.78 is 10.7. The van der Waals surface area contributed by atoms with Gasteiger partial charge in [-0.25, -0.2) is 0 Å². The van der Waals surface area contributed by atoms with Crippen molar-refractivity contribution in [1.82, 2.24) is 10.2 Å². The number of rotatable bonds is 12. The van der Waals surface area contributed by atoms with E-state index >= 15 is 0 Å². The molecule has 3 aromatic rings. The Morgan fingerprint density at radius 1 is 0.865 bits per heavy atom. The van der Waals surface area contributed by atoms with Gasteiger partial charge < -0.3 is 19.7 Å². The number of aryl methyl sites for hydroxylation is 1. The number of benzene rings is 3. The summed E-state index contributed by atoms with van der Waals surface area (Å²) in [5, 5.41) is 3.59. The molecule has 7 heteroatoms. The van der Waals surface area contributed by atoms with Crippen molar-refractivity contribution in [2.24, 2.45) is 0 Å². The highest BCUT2D eigenvalue weighted by molar-refractivity contribution is 6.30. The summed E-state index contributed by atoms with van der Waals surface area (Å²) in [6.45, 7) is 4.10. The van der Waals surface area contributed by atoms with Gasteiger partial charge in [0.1, 0.15) is 6.04 Å². The van der Waals surface area contributed by atoms with Crippen LogP contribution in [0.25, 0.3) is 0 Å². The van der Waals surface area contributed by atoms with Crippen LogP contribution >= 0.6 is 11.6 Å². The van der Waals surface area contributed by atoms with Crippen molar-refractivity contribution in [2.75, 3.05) is 14.2 Å². The third-order valence-electron chi connectivity index (χ3n) is 6.02. The van der Waals surface area contributed by atoms with Crippen LogP contribution in [0.5, 0.6) is 11.5 Å². The first-order valence-electron chi connectivity index (χ1n) is 12.4. The van der Waals surface area contributed by atoms with Crippen LogP contribution in [0.1, 0.15) is 37.0 Å². The van der Waals surface area contributed by atoms with E-state index in [0.29, 0.717) is 29.4 Å². The monoisotopic (exact) mass is 522 g/mol. The number of ether oxygens (including phenoxy) is 2. The second-order valence-electron chi connectivity index (χ2n) is 9.21. The molecule has 0 spiro atoms. The van der Waals surface area contributed by atoms with Crippen LogP contribution in [0.4, 0.5) is 0 Å². The van der Waals surface area contributed by atoms with Gasteiger partial charge in [-0.1, -0.05) is 60.1 Å². The molecule has 0 fully saturated rings. The van der Waals surface area contributed by atoms with Crippen LogP contribution in [0, 0.1) is 0 Å². The van der Waals surface area contributed by atoms with Crippen LogP contribution in [-0.2, 0) is 29.0 Å². The lowest BCUT2D eigenvalue weighted by Gasteiger charge is -2.32. The Balaban J connectivity index is 1.90. The molecule has 0 aliphatic rings. The highest BCUT2D eigenvalue weighted by Crippen LogP contribution is 2.28. The zero-order valence-electron chi connectivity index (χ0n) is 21.9. The molecule has 1 N–H and O–H groups in total. The van der Waals surface area contributed by atoms with Gasteiger partial charge in [0.2, 0.25) is 11.8 Å². The fourth-order valence-electron chi connectivity index (χ4n) is 4.20. The molecule has 2 amide bonds. The second-order valence-corrected chi connectivity index (χ2v) is 9.65. The van der Waals surface area contributed by atoms with Crippen LogP contribution < -0.4 is 14.8 Å². The summed E-state index contributed by atoms with van der Waals surface area (Å²) >= 11 is 6.24. The van der Waals surface area contributed by atoms with Crippen molar-refractivity contribution in [1.29, 1.82) is 0 Å². The fourth-order valence-corrected chi connectivity index (χ4v) is 4.41. The summed E-state index contributed by atoms with van der Waals surface area (Å²) in [7, 11) is 3.17. The smallest absolute Gasteiger partial charge is 0.243 e. The number of amides is 2. The molecule has 0 aliphatic carbocycles. The van der Waals surface area contributed by atoms with Crippen molar-refractivity contribution in [3.05, 3.63) is 94.5 Å². The van der Waals surface area contributed by atoms with Gasteiger partial charge in [-0.2, -0.15) is 0 Å². The SMILES string of the molecule is COc1ccc(CCC(=O)N(Cc2cccc(Cl)c2)C(Cc2ccccc2)C(=O)NC(C)C)cc1OC. The molecule has 0 saturated carbocycles. The molecule has 1 atom stereocenters. The van der Waals surface area contributed by atoms with Gasteiger partial charge in [-0.3, -0.25) is 9.59 Å². The topological polar surface area (TPSA) is 67.9 Å². The standard InChI is InChI=1S/C30H35ClN2O4/c1-21(2)32-30(35)26(18-22-9-6-5-7-10-22)33(20-24-11-8-12-25(31)17-24)29(34)16-14-23-13-15-27(36-3)28(19-23)37-4/h5-13,15,17,19,21,26H,14,16,18,20H2,1-4H3,(H,32,35). The average molecular weight is 523 g/mol. The van der Waals surface area contributed by atoms with Gasteiger partial charge in [0.05, 0.1) is 14.2 Å². The molecule has 0 bridgehead atoms. The molecule has 0 heterocycles. The van der Waals surface area contributed by atoms with Crippen molar-refractivity contribution < 1.29 is 19.1 Å². The largest absolute Gasteiger partial charge is 0.493 e. The molecule has 3 aromatic carbocycles. The summed E-state index contributed by atoms with van der Waals surface area (Å²) in [5.41, 5.74) is 2.79. The predicted molar refractivity (Wildman–Crippen MR) is 147 cm³/mol. The van der Waals surface area contributed by atoms with E-state index in [1.807, 2.05) is 80.6 Å². The van der Waals surface area contributed by atoms with E-state index in [9.17, 15) is 9.59 Å². The van der Waals surface area contributed by atoms with Gasteiger partial charge in [0, 0.05) is 30.5 Å². The zero-order valence-corrected chi connectivity index (χ0v) is 22.6. The second kappa shape index (κ2) is 13.7. The Morgan fingerprint density at radius 2 is 1.57 bits per heavy atom. The molecule has 0 aliphatic heterocycles. The maximum Gasteiger partial charge on any atom is 0.243 e. The first-order valence-corrected chi connectivity index (χ1v) is 12.8. The molecular weight excluding hydrogens is 488 g/mol. The number of hydrogen-bond donors (Lipinski definition) is 1. The highest BCUT2D eigenvalue weighted by Gasteiger charge is 2.30. The lowest BCUT2D eigenvalue weighted by molar-refractivity contribution is -0.141. The van der Waals surface area contributed by atoms with Crippen LogP contribution in [0.2, 0.25) is 5.02 Å². The van der Waals surface area contributed by atoms with Crippen LogP contribution in [0.15, 0.2) is 72.8 Å². The first-order chi connectivity index (χ1) is 17.8. The van der Waals surface area contributed by atoms with Crippen LogP contribution in [0.3, 0.4) is 0 Å². The number of nitrogens with one attached hydrogen (secondary N) is 1. The number of hydrogen-bond acceptors (Lipinski definition) is 4. The van der Waals surface area contributed by atoms with Crippen LogP contribution in [-0.4, -0.2) is 43.0 Å². The number of carbonyl (C=O) groups is 2. The molecular formula is C30H35ClN2O4. The molecule has 0 saturated heterocycles. The maximum absolute atomic E-state index is 13.8. The van der Waals surface area contributed by atoms with E-state index < -0.39 is 6.04 Å². The normalized spacial score (nSPS) is 11.6. The van der Waals surface area contributed by atoms with E-state index in [4.69, 9.17) is 21.1 Å². The maximum atomic E-state index is 13.8. The lowest BCUT2D eigenvalue weighted by atomic mass is 10.0. The number of nitrogens with zero attached hydrogens (tertiary/aromatic N) is 1. The minimum atomic E-state index is -0.679. The molecule has 0 radical (unpaired) electrons. The zero-order chi connectivity index (χ0) is 26.8. The van der Waals surface area contributed by atoms with E-state index in [1.54, 1.807) is 25.2 Å². The minimum absolute atomic E-state index is 0.0549. The molecule has 0 aromatic heterocycles. The van der Waals surface area contributed by atoms with Gasteiger partial charge in [-0.15, -0.1) is 0 Å². The third kappa shape index (κ3) is 8.25. The molecule has 6 nitrogen and oxygen atoms in total. The van der Waals surface area contributed by atoms with Crippen molar-refractivity contribution >= 4 is 23.4 Å². The lowest BCUT2D eigenvalue weighted by Crippen LogP contribution is -2.51.